The van der Waals surface area contributed by atoms with Gasteiger partial charge in [0.15, 0.2) is 0 Å². The van der Waals surface area contributed by atoms with Crippen LogP contribution in [0.25, 0.3) is 0 Å². The number of amides is 1. The van der Waals surface area contributed by atoms with Gasteiger partial charge in [-0.2, -0.15) is 0 Å². The van der Waals surface area contributed by atoms with Gasteiger partial charge in [-0.25, -0.2) is 12.8 Å². The number of carbonyl (C=O) groups is 1. The molecule has 0 aliphatic carbocycles. The van der Waals surface area contributed by atoms with E-state index < -0.39 is 10.0 Å². The molecule has 0 radical (unpaired) electrons. The van der Waals surface area contributed by atoms with E-state index in [9.17, 15) is 17.6 Å². The van der Waals surface area contributed by atoms with Gasteiger partial charge in [0.1, 0.15) is 5.82 Å². The number of sulfonamides is 1. The Kier molecular flexibility index (Phi) is 6.01. The summed E-state index contributed by atoms with van der Waals surface area (Å²) in [6.07, 6.45) is 0.555. The molecule has 8 heteroatoms. The molecule has 5 rings (SSSR count). The summed E-state index contributed by atoms with van der Waals surface area (Å²) in [5, 5.41) is 0. The number of rotatable bonds is 4. The third kappa shape index (κ3) is 4.38. The summed E-state index contributed by atoms with van der Waals surface area (Å²) in [6, 6.07) is 18.4. The first-order chi connectivity index (χ1) is 16.7. The molecule has 2 aliphatic rings. The van der Waals surface area contributed by atoms with E-state index >= 15 is 0 Å². The highest BCUT2D eigenvalue weighted by molar-refractivity contribution is 7.92. The molecule has 1 saturated heterocycles. The van der Waals surface area contributed by atoms with Crippen molar-refractivity contribution >= 4 is 27.3 Å². The molecular formula is C27H28FN3O3S. The van der Waals surface area contributed by atoms with Gasteiger partial charge in [-0.15, -0.1) is 0 Å². The maximum absolute atomic E-state index is 13.4. The van der Waals surface area contributed by atoms with Crippen LogP contribution in [0, 0.1) is 12.7 Å². The molecule has 6 nitrogen and oxygen atoms in total. The van der Waals surface area contributed by atoms with E-state index in [1.165, 1.54) is 16.4 Å². The van der Waals surface area contributed by atoms with Crippen molar-refractivity contribution < 1.29 is 17.6 Å². The second-order valence-corrected chi connectivity index (χ2v) is 11.1. The van der Waals surface area contributed by atoms with E-state index in [-0.39, 0.29) is 22.7 Å². The van der Waals surface area contributed by atoms with E-state index in [2.05, 4.69) is 4.90 Å². The van der Waals surface area contributed by atoms with Crippen LogP contribution in [0.4, 0.5) is 15.8 Å². The van der Waals surface area contributed by atoms with E-state index in [1.807, 2.05) is 24.8 Å². The lowest BCUT2D eigenvalue weighted by Crippen LogP contribution is -2.48. The summed E-state index contributed by atoms with van der Waals surface area (Å²) in [5.41, 5.74) is 4.01. The Morgan fingerprint density at radius 1 is 0.914 bits per heavy atom. The Balaban J connectivity index is 1.32. The van der Waals surface area contributed by atoms with Crippen LogP contribution in [-0.4, -0.2) is 51.4 Å². The topological polar surface area (TPSA) is 60.9 Å². The first-order valence-corrected chi connectivity index (χ1v) is 13.2. The zero-order valence-corrected chi connectivity index (χ0v) is 20.6. The Labute approximate surface area is 205 Å². The van der Waals surface area contributed by atoms with Gasteiger partial charge in [0.25, 0.3) is 15.9 Å². The first-order valence-electron chi connectivity index (χ1n) is 11.8. The third-order valence-electron chi connectivity index (χ3n) is 6.82. The minimum atomic E-state index is -3.70. The number of aryl methyl sites for hydroxylation is 1. The van der Waals surface area contributed by atoms with Gasteiger partial charge < -0.3 is 9.80 Å². The molecule has 3 aromatic rings. The fraction of sp³-hybridized carbons (Fsp3) is 0.296. The number of carbonyl (C=O) groups excluding carboxylic acids is 1. The van der Waals surface area contributed by atoms with Crippen molar-refractivity contribution in [2.24, 2.45) is 0 Å². The van der Waals surface area contributed by atoms with Gasteiger partial charge in [-0.05, 0) is 80.4 Å². The normalized spacial score (nSPS) is 18.0. The summed E-state index contributed by atoms with van der Waals surface area (Å²) in [6.45, 7) is 6.28. The fourth-order valence-electron chi connectivity index (χ4n) is 4.93. The monoisotopic (exact) mass is 493 g/mol. The number of piperazine rings is 1. The molecule has 0 unspecified atom stereocenters. The second-order valence-electron chi connectivity index (χ2n) is 9.27. The molecule has 0 spiro atoms. The minimum absolute atomic E-state index is 0.0564. The molecule has 0 bridgehead atoms. The maximum Gasteiger partial charge on any atom is 0.264 e. The van der Waals surface area contributed by atoms with E-state index in [1.54, 1.807) is 48.5 Å². The van der Waals surface area contributed by atoms with Crippen molar-refractivity contribution in [3.05, 3.63) is 89.2 Å². The van der Waals surface area contributed by atoms with Crippen molar-refractivity contribution in [3.8, 4) is 0 Å². The van der Waals surface area contributed by atoms with Crippen molar-refractivity contribution in [3.63, 3.8) is 0 Å². The average molecular weight is 494 g/mol. The summed E-state index contributed by atoms with van der Waals surface area (Å²) >= 11 is 0. The molecule has 2 heterocycles. The molecule has 0 saturated carbocycles. The maximum atomic E-state index is 13.4. The Morgan fingerprint density at radius 2 is 1.57 bits per heavy atom. The second kappa shape index (κ2) is 9.00. The smallest absolute Gasteiger partial charge is 0.264 e. The van der Waals surface area contributed by atoms with E-state index in [4.69, 9.17) is 0 Å². The lowest BCUT2D eigenvalue weighted by Gasteiger charge is -2.36. The Morgan fingerprint density at radius 3 is 2.23 bits per heavy atom. The first kappa shape index (κ1) is 23.4. The molecular weight excluding hydrogens is 465 g/mol. The van der Waals surface area contributed by atoms with Crippen LogP contribution < -0.4 is 9.21 Å². The molecule has 3 aromatic carbocycles. The van der Waals surface area contributed by atoms with E-state index in [0.29, 0.717) is 43.9 Å². The van der Waals surface area contributed by atoms with Gasteiger partial charge in [0, 0.05) is 43.5 Å². The van der Waals surface area contributed by atoms with Crippen LogP contribution in [0.15, 0.2) is 71.6 Å². The molecule has 1 amide bonds. The van der Waals surface area contributed by atoms with Gasteiger partial charge in [0.05, 0.1) is 10.6 Å². The molecule has 1 fully saturated rings. The highest BCUT2D eigenvalue weighted by Crippen LogP contribution is 2.37. The number of anilines is 2. The van der Waals surface area contributed by atoms with Gasteiger partial charge in [-0.3, -0.25) is 9.10 Å². The van der Waals surface area contributed by atoms with Gasteiger partial charge in [-0.1, -0.05) is 17.7 Å². The summed E-state index contributed by atoms with van der Waals surface area (Å²) in [7, 11) is -3.70. The van der Waals surface area contributed by atoms with Gasteiger partial charge in [0.2, 0.25) is 0 Å². The van der Waals surface area contributed by atoms with Crippen LogP contribution >= 0.6 is 0 Å². The highest BCUT2D eigenvalue weighted by Gasteiger charge is 2.36. The zero-order valence-electron chi connectivity index (χ0n) is 19.8. The lowest BCUT2D eigenvalue weighted by atomic mass is 10.1. The number of fused-ring (bicyclic) bond motifs is 1. The number of hydrogen-bond donors (Lipinski definition) is 0. The third-order valence-corrected chi connectivity index (χ3v) is 8.76. The number of hydrogen-bond acceptors (Lipinski definition) is 4. The van der Waals surface area contributed by atoms with Crippen LogP contribution in [0.3, 0.4) is 0 Å². The van der Waals surface area contributed by atoms with Crippen LogP contribution in [0.5, 0.6) is 0 Å². The van der Waals surface area contributed by atoms with E-state index in [0.717, 1.165) is 16.8 Å². The lowest BCUT2D eigenvalue weighted by molar-refractivity contribution is 0.0746. The Hall–Kier alpha value is -3.39. The molecule has 0 N–H and O–H groups in total. The summed E-state index contributed by atoms with van der Waals surface area (Å²) < 4.78 is 41.4. The predicted octanol–water partition coefficient (Wildman–Crippen LogP) is 4.24. The molecule has 182 valence electrons. The molecule has 2 aliphatic heterocycles. The molecule has 0 aromatic heterocycles. The molecule has 1 atom stereocenters. The minimum Gasteiger partial charge on any atom is -0.368 e. The standard InChI is InChI=1S/C27H28FN3O3S/c1-19-3-10-25(11-4-19)35(33,34)31-20(2)17-22-18-21(5-12-26(22)31)27(32)30-15-13-29(14-16-30)24-8-6-23(28)7-9-24/h3-12,18,20H,13-17H2,1-2H3/t20-/m1/s1. The summed E-state index contributed by atoms with van der Waals surface area (Å²) in [5.74, 6) is -0.322. The predicted molar refractivity (Wildman–Crippen MR) is 135 cm³/mol. The van der Waals surface area contributed by atoms with Crippen LogP contribution in [-0.2, 0) is 16.4 Å². The average Bonchev–Trinajstić information content (AvgIpc) is 3.20. The SMILES string of the molecule is Cc1ccc(S(=O)(=O)N2c3ccc(C(=O)N4CCN(c5ccc(F)cc5)CC4)cc3C[C@H]2C)cc1. The van der Waals surface area contributed by atoms with Crippen LogP contribution in [0.2, 0.25) is 0 Å². The van der Waals surface area contributed by atoms with Crippen molar-refractivity contribution in [2.45, 2.75) is 31.2 Å². The number of nitrogens with zero attached hydrogens (tertiary/aromatic N) is 3. The van der Waals surface area contributed by atoms with Crippen molar-refractivity contribution in [1.82, 2.24) is 4.90 Å². The fourth-order valence-corrected chi connectivity index (χ4v) is 6.62. The van der Waals surface area contributed by atoms with Crippen molar-refractivity contribution in [1.29, 1.82) is 0 Å². The number of halogens is 1. The zero-order chi connectivity index (χ0) is 24.7. The van der Waals surface area contributed by atoms with Crippen molar-refractivity contribution in [2.75, 3.05) is 35.4 Å². The van der Waals surface area contributed by atoms with Gasteiger partial charge >= 0.3 is 0 Å². The number of benzene rings is 3. The largest absolute Gasteiger partial charge is 0.368 e. The quantitative estimate of drug-likeness (QED) is 0.546. The Bertz CT molecular complexity index is 1350. The summed E-state index contributed by atoms with van der Waals surface area (Å²) in [4.78, 5) is 17.5. The van der Waals surface area contributed by atoms with Crippen LogP contribution in [0.1, 0.15) is 28.4 Å². The molecule has 35 heavy (non-hydrogen) atoms. The highest BCUT2D eigenvalue weighted by atomic mass is 32.2.